The fourth-order valence-electron chi connectivity index (χ4n) is 4.17. The maximum Gasteiger partial charge on any atom is 0.262 e. The van der Waals surface area contributed by atoms with E-state index in [2.05, 4.69) is 24.3 Å². The van der Waals surface area contributed by atoms with Gasteiger partial charge in [-0.25, -0.2) is 4.98 Å². The second-order valence-electron chi connectivity index (χ2n) is 8.18. The molecule has 34 heavy (non-hydrogen) atoms. The van der Waals surface area contributed by atoms with Crippen molar-refractivity contribution in [1.82, 2.24) is 9.55 Å². The minimum absolute atomic E-state index is 0.107. The van der Waals surface area contributed by atoms with Crippen molar-refractivity contribution in [1.29, 1.82) is 0 Å². The highest BCUT2D eigenvalue weighted by molar-refractivity contribution is 5.81. The first-order valence-electron chi connectivity index (χ1n) is 11.2. The van der Waals surface area contributed by atoms with Gasteiger partial charge in [0.15, 0.2) is 0 Å². The minimum atomic E-state index is -0.107. The number of methoxy groups -OCH3 is 1. The van der Waals surface area contributed by atoms with Crippen LogP contribution in [-0.4, -0.2) is 16.7 Å². The molecule has 0 fully saturated rings. The van der Waals surface area contributed by atoms with Crippen LogP contribution in [0.4, 0.5) is 0 Å². The number of nitrogens with zero attached hydrogens (tertiary/aromatic N) is 2. The lowest BCUT2D eigenvalue weighted by Gasteiger charge is -2.15. The first-order chi connectivity index (χ1) is 16.7. The van der Waals surface area contributed by atoms with Gasteiger partial charge >= 0.3 is 0 Å². The van der Waals surface area contributed by atoms with E-state index in [0.29, 0.717) is 35.6 Å². The maximum absolute atomic E-state index is 13.7. The van der Waals surface area contributed by atoms with Crippen LogP contribution in [0.2, 0.25) is 0 Å². The van der Waals surface area contributed by atoms with Crippen molar-refractivity contribution < 1.29 is 4.74 Å². The molecule has 5 heteroatoms. The number of fused-ring (bicyclic) bond motifs is 1. The van der Waals surface area contributed by atoms with Crippen molar-refractivity contribution in [2.45, 2.75) is 13.1 Å². The topological polar surface area (TPSA) is 70.1 Å². The summed E-state index contributed by atoms with van der Waals surface area (Å²) in [5.41, 5.74) is 11.5. The summed E-state index contributed by atoms with van der Waals surface area (Å²) in [5.74, 6) is 1.25. The van der Waals surface area contributed by atoms with Gasteiger partial charge in [-0.3, -0.25) is 9.36 Å². The van der Waals surface area contributed by atoms with Crippen LogP contribution in [0.15, 0.2) is 102 Å². The molecule has 0 spiro atoms. The van der Waals surface area contributed by atoms with E-state index in [4.69, 9.17) is 15.5 Å². The molecule has 0 radical (unpaired) electrons. The zero-order valence-electron chi connectivity index (χ0n) is 18.9. The SMILES string of the molecule is COc1ccc2nc(-c3ccc(-c4ccccc4)cc3)n(Cc3cccc(CN)c3)c(=O)c2c1. The molecule has 0 aliphatic rings. The van der Waals surface area contributed by atoms with E-state index in [-0.39, 0.29) is 5.56 Å². The number of benzene rings is 4. The third kappa shape index (κ3) is 4.21. The van der Waals surface area contributed by atoms with Crippen molar-refractivity contribution in [3.8, 4) is 28.3 Å². The summed E-state index contributed by atoms with van der Waals surface area (Å²) in [6.07, 6.45) is 0. The van der Waals surface area contributed by atoms with Crippen LogP contribution in [-0.2, 0) is 13.1 Å². The highest BCUT2D eigenvalue weighted by Crippen LogP contribution is 2.26. The van der Waals surface area contributed by atoms with E-state index < -0.39 is 0 Å². The largest absolute Gasteiger partial charge is 0.497 e. The monoisotopic (exact) mass is 447 g/mol. The van der Waals surface area contributed by atoms with Crippen LogP contribution in [0.25, 0.3) is 33.4 Å². The fourth-order valence-corrected chi connectivity index (χ4v) is 4.17. The van der Waals surface area contributed by atoms with E-state index in [1.54, 1.807) is 17.7 Å². The summed E-state index contributed by atoms with van der Waals surface area (Å²) in [6, 6.07) is 31.8. The molecule has 0 saturated heterocycles. The Balaban J connectivity index is 1.66. The van der Waals surface area contributed by atoms with Gasteiger partial charge in [-0.15, -0.1) is 0 Å². The molecule has 1 heterocycles. The third-order valence-electron chi connectivity index (χ3n) is 5.98. The highest BCUT2D eigenvalue weighted by atomic mass is 16.5. The summed E-state index contributed by atoms with van der Waals surface area (Å²) in [7, 11) is 1.59. The van der Waals surface area contributed by atoms with Gasteiger partial charge in [0.2, 0.25) is 0 Å². The molecule has 0 bridgehead atoms. The molecule has 1 aromatic heterocycles. The Kier molecular flexibility index (Phi) is 5.93. The normalized spacial score (nSPS) is 11.0. The molecule has 0 aliphatic carbocycles. The van der Waals surface area contributed by atoms with E-state index in [0.717, 1.165) is 27.8 Å². The Labute approximate surface area is 198 Å². The number of ether oxygens (including phenoxy) is 1. The first kappa shape index (κ1) is 21.6. The summed E-state index contributed by atoms with van der Waals surface area (Å²) in [6.45, 7) is 0.840. The van der Waals surface area contributed by atoms with Gasteiger partial charge in [-0.1, -0.05) is 78.9 Å². The maximum atomic E-state index is 13.7. The first-order valence-corrected chi connectivity index (χ1v) is 11.2. The molecule has 0 saturated carbocycles. The van der Waals surface area contributed by atoms with Crippen molar-refractivity contribution in [2.75, 3.05) is 7.11 Å². The van der Waals surface area contributed by atoms with Gasteiger partial charge in [0.05, 0.1) is 24.6 Å². The number of aromatic nitrogens is 2. The van der Waals surface area contributed by atoms with E-state index in [1.165, 1.54) is 0 Å². The van der Waals surface area contributed by atoms with Crippen LogP contribution < -0.4 is 16.0 Å². The molecule has 4 aromatic carbocycles. The Morgan fingerprint density at radius 1 is 0.794 bits per heavy atom. The predicted octanol–water partition coefficient (Wildman–Crippen LogP) is 5.25. The number of hydrogen-bond acceptors (Lipinski definition) is 4. The van der Waals surface area contributed by atoms with Gasteiger partial charge in [0.25, 0.3) is 5.56 Å². The molecular weight excluding hydrogens is 422 g/mol. The Morgan fingerprint density at radius 2 is 1.50 bits per heavy atom. The second kappa shape index (κ2) is 9.33. The van der Waals surface area contributed by atoms with Gasteiger partial charge < -0.3 is 10.5 Å². The van der Waals surface area contributed by atoms with E-state index >= 15 is 0 Å². The van der Waals surface area contributed by atoms with E-state index in [1.807, 2.05) is 66.7 Å². The number of nitrogens with two attached hydrogens (primary N) is 1. The standard InChI is InChI=1S/C29H25N3O2/c1-34-25-14-15-27-26(17-25)29(33)32(19-21-7-5-6-20(16-21)18-30)28(31-27)24-12-10-23(11-13-24)22-8-3-2-4-9-22/h2-17H,18-19,30H2,1H3. The fraction of sp³-hybridized carbons (Fsp3) is 0.103. The number of rotatable bonds is 6. The predicted molar refractivity (Wildman–Crippen MR) is 137 cm³/mol. The Bertz CT molecular complexity index is 1510. The van der Waals surface area contributed by atoms with Crippen molar-refractivity contribution in [3.05, 3.63) is 119 Å². The summed E-state index contributed by atoms with van der Waals surface area (Å²) < 4.78 is 7.08. The summed E-state index contributed by atoms with van der Waals surface area (Å²) in [4.78, 5) is 18.6. The average molecular weight is 448 g/mol. The summed E-state index contributed by atoms with van der Waals surface area (Å²) in [5, 5.41) is 0.527. The molecule has 5 rings (SSSR count). The lowest BCUT2D eigenvalue weighted by atomic mass is 10.0. The lowest BCUT2D eigenvalue weighted by molar-refractivity contribution is 0.415. The van der Waals surface area contributed by atoms with Gasteiger partial charge in [-0.05, 0) is 40.5 Å². The second-order valence-corrected chi connectivity index (χ2v) is 8.18. The van der Waals surface area contributed by atoms with Crippen LogP contribution >= 0.6 is 0 Å². The molecule has 0 atom stereocenters. The zero-order chi connectivity index (χ0) is 23.5. The average Bonchev–Trinajstić information content (AvgIpc) is 2.90. The molecule has 0 amide bonds. The third-order valence-corrected chi connectivity index (χ3v) is 5.98. The van der Waals surface area contributed by atoms with Crippen molar-refractivity contribution >= 4 is 10.9 Å². The van der Waals surface area contributed by atoms with Gasteiger partial charge in [0, 0.05) is 12.1 Å². The lowest BCUT2D eigenvalue weighted by Crippen LogP contribution is -2.24. The molecule has 2 N–H and O–H groups in total. The van der Waals surface area contributed by atoms with Gasteiger partial charge in [0.1, 0.15) is 11.6 Å². The molecule has 5 aromatic rings. The zero-order valence-corrected chi connectivity index (χ0v) is 18.9. The van der Waals surface area contributed by atoms with Crippen molar-refractivity contribution in [3.63, 3.8) is 0 Å². The molecular formula is C29H25N3O2. The summed E-state index contributed by atoms with van der Waals surface area (Å²) >= 11 is 0. The van der Waals surface area contributed by atoms with Crippen LogP contribution in [0.5, 0.6) is 5.75 Å². The number of hydrogen-bond donors (Lipinski definition) is 1. The Hall–Kier alpha value is -4.22. The minimum Gasteiger partial charge on any atom is -0.497 e. The highest BCUT2D eigenvalue weighted by Gasteiger charge is 2.15. The van der Waals surface area contributed by atoms with Crippen LogP contribution in [0.3, 0.4) is 0 Å². The molecule has 0 unspecified atom stereocenters. The molecule has 168 valence electrons. The Morgan fingerprint density at radius 3 is 2.24 bits per heavy atom. The van der Waals surface area contributed by atoms with Crippen molar-refractivity contribution in [2.24, 2.45) is 5.73 Å². The van der Waals surface area contributed by atoms with E-state index in [9.17, 15) is 4.79 Å². The smallest absolute Gasteiger partial charge is 0.262 e. The van der Waals surface area contributed by atoms with Crippen LogP contribution in [0.1, 0.15) is 11.1 Å². The quantitative estimate of drug-likeness (QED) is 0.386. The molecule has 0 aliphatic heterocycles. The van der Waals surface area contributed by atoms with Gasteiger partial charge in [-0.2, -0.15) is 0 Å². The molecule has 5 nitrogen and oxygen atoms in total. The van der Waals surface area contributed by atoms with Crippen LogP contribution in [0, 0.1) is 0 Å².